The number of pyridine rings is 1. The molecule has 1 atom stereocenters. The number of carbonyl (C=O) groups excluding carboxylic acids is 1. The number of likely N-dealkylation sites (tertiary alicyclic amines) is 1. The van der Waals surface area contributed by atoms with Crippen LogP contribution in [0.3, 0.4) is 0 Å². The molecule has 3 heteroatoms. The maximum atomic E-state index is 12.7. The number of amides is 1. The molecule has 3 rings (SSSR count). The van der Waals surface area contributed by atoms with Crippen LogP contribution in [-0.4, -0.2) is 28.9 Å². The molecule has 1 aliphatic heterocycles. The average molecular weight is 286 g/mol. The van der Waals surface area contributed by atoms with Crippen molar-refractivity contribution in [3.05, 3.63) is 30.1 Å². The molecule has 2 heterocycles. The van der Waals surface area contributed by atoms with Crippen molar-refractivity contribution in [1.82, 2.24) is 9.88 Å². The summed E-state index contributed by atoms with van der Waals surface area (Å²) in [6.45, 7) is 1.90. The van der Waals surface area contributed by atoms with E-state index in [4.69, 9.17) is 0 Å². The molecule has 0 radical (unpaired) electrons. The third kappa shape index (κ3) is 3.84. The summed E-state index contributed by atoms with van der Waals surface area (Å²) >= 11 is 0. The highest BCUT2D eigenvalue weighted by Gasteiger charge is 2.29. The molecule has 1 aliphatic carbocycles. The zero-order chi connectivity index (χ0) is 14.5. The first-order valence-electron chi connectivity index (χ1n) is 8.51. The Bertz CT molecular complexity index is 454. The van der Waals surface area contributed by atoms with Crippen LogP contribution in [0.1, 0.15) is 50.6 Å². The summed E-state index contributed by atoms with van der Waals surface area (Å²) < 4.78 is 0. The van der Waals surface area contributed by atoms with Crippen LogP contribution in [0, 0.1) is 11.8 Å². The number of rotatable bonds is 3. The summed E-state index contributed by atoms with van der Waals surface area (Å²) in [5.74, 6) is 1.33. The van der Waals surface area contributed by atoms with Gasteiger partial charge >= 0.3 is 0 Å². The molecule has 1 saturated heterocycles. The second kappa shape index (κ2) is 7.06. The van der Waals surface area contributed by atoms with Crippen LogP contribution in [0.2, 0.25) is 0 Å². The van der Waals surface area contributed by atoms with Crippen LogP contribution in [0.25, 0.3) is 0 Å². The Hall–Kier alpha value is -1.38. The van der Waals surface area contributed by atoms with Crippen molar-refractivity contribution in [3.8, 4) is 0 Å². The minimum atomic E-state index is 0.312. The van der Waals surface area contributed by atoms with Crippen LogP contribution in [0.15, 0.2) is 24.4 Å². The van der Waals surface area contributed by atoms with Gasteiger partial charge in [-0.2, -0.15) is 0 Å². The van der Waals surface area contributed by atoms with Gasteiger partial charge in [0, 0.05) is 30.9 Å². The summed E-state index contributed by atoms with van der Waals surface area (Å²) in [5, 5.41) is 0. The van der Waals surface area contributed by atoms with E-state index in [1.807, 2.05) is 12.3 Å². The quantitative estimate of drug-likeness (QED) is 0.852. The number of carbonyl (C=O) groups is 1. The second-order valence-electron chi connectivity index (χ2n) is 6.65. The van der Waals surface area contributed by atoms with Gasteiger partial charge in [-0.25, -0.2) is 0 Å². The molecular formula is C18H26N2O. The van der Waals surface area contributed by atoms with E-state index < -0.39 is 0 Å². The summed E-state index contributed by atoms with van der Waals surface area (Å²) in [4.78, 5) is 19.2. The van der Waals surface area contributed by atoms with Crippen molar-refractivity contribution in [2.24, 2.45) is 11.8 Å². The summed E-state index contributed by atoms with van der Waals surface area (Å²) in [7, 11) is 0. The maximum absolute atomic E-state index is 12.7. The summed E-state index contributed by atoms with van der Waals surface area (Å²) in [6, 6.07) is 6.11. The van der Waals surface area contributed by atoms with Crippen LogP contribution < -0.4 is 0 Å². The molecule has 0 unspecified atom stereocenters. The van der Waals surface area contributed by atoms with Gasteiger partial charge in [0.05, 0.1) is 0 Å². The molecule has 2 fully saturated rings. The lowest BCUT2D eigenvalue weighted by Crippen LogP contribution is -2.44. The fourth-order valence-corrected chi connectivity index (χ4v) is 3.85. The number of hydrogen-bond acceptors (Lipinski definition) is 2. The van der Waals surface area contributed by atoms with Gasteiger partial charge in [0.25, 0.3) is 0 Å². The van der Waals surface area contributed by atoms with Gasteiger partial charge in [0.15, 0.2) is 0 Å². The minimum absolute atomic E-state index is 0.312. The van der Waals surface area contributed by atoms with E-state index in [9.17, 15) is 4.79 Å². The highest BCUT2D eigenvalue weighted by molar-refractivity contribution is 5.79. The first kappa shape index (κ1) is 14.6. The normalized spacial score (nSPS) is 24.0. The lowest BCUT2D eigenvalue weighted by Gasteiger charge is -2.36. The van der Waals surface area contributed by atoms with Gasteiger partial charge in [-0.1, -0.05) is 25.3 Å². The van der Waals surface area contributed by atoms with Crippen LogP contribution in [-0.2, 0) is 11.2 Å². The van der Waals surface area contributed by atoms with Crippen molar-refractivity contribution in [3.63, 3.8) is 0 Å². The highest BCUT2D eigenvalue weighted by atomic mass is 16.2. The van der Waals surface area contributed by atoms with E-state index in [-0.39, 0.29) is 0 Å². The monoisotopic (exact) mass is 286 g/mol. The molecule has 0 spiro atoms. The molecule has 3 nitrogen and oxygen atoms in total. The van der Waals surface area contributed by atoms with Gasteiger partial charge < -0.3 is 4.90 Å². The van der Waals surface area contributed by atoms with Crippen molar-refractivity contribution in [2.75, 3.05) is 13.1 Å². The lowest BCUT2D eigenvalue weighted by molar-refractivity contribution is -0.138. The molecule has 1 aromatic heterocycles. The van der Waals surface area contributed by atoms with Crippen molar-refractivity contribution >= 4 is 5.91 Å². The molecule has 1 aromatic rings. The number of nitrogens with zero attached hydrogens (tertiary/aromatic N) is 2. The van der Waals surface area contributed by atoms with E-state index in [0.717, 1.165) is 44.5 Å². The SMILES string of the molecule is O=C(C1CCCCC1)N1CCC[C@H](Cc2ccccn2)C1. The third-order valence-electron chi connectivity index (χ3n) is 5.01. The number of aromatic nitrogens is 1. The Labute approximate surface area is 127 Å². The van der Waals surface area contributed by atoms with E-state index in [1.54, 1.807) is 0 Å². The van der Waals surface area contributed by atoms with Crippen LogP contribution in [0.4, 0.5) is 0 Å². The van der Waals surface area contributed by atoms with Gasteiger partial charge in [0.1, 0.15) is 0 Å². The van der Waals surface area contributed by atoms with E-state index in [2.05, 4.69) is 22.0 Å². The lowest BCUT2D eigenvalue weighted by atomic mass is 9.86. The fraction of sp³-hybridized carbons (Fsp3) is 0.667. The molecule has 1 saturated carbocycles. The maximum Gasteiger partial charge on any atom is 0.225 e. The molecule has 0 N–H and O–H groups in total. The topological polar surface area (TPSA) is 33.2 Å². The summed E-state index contributed by atoms with van der Waals surface area (Å²) in [5.41, 5.74) is 1.16. The Morgan fingerprint density at radius 3 is 2.76 bits per heavy atom. The first-order valence-corrected chi connectivity index (χ1v) is 8.51. The van der Waals surface area contributed by atoms with Crippen molar-refractivity contribution < 1.29 is 4.79 Å². The zero-order valence-corrected chi connectivity index (χ0v) is 12.8. The Morgan fingerprint density at radius 2 is 2.00 bits per heavy atom. The van der Waals surface area contributed by atoms with E-state index >= 15 is 0 Å². The van der Waals surface area contributed by atoms with Crippen molar-refractivity contribution in [1.29, 1.82) is 0 Å². The minimum Gasteiger partial charge on any atom is -0.342 e. The Morgan fingerprint density at radius 1 is 1.14 bits per heavy atom. The molecule has 0 bridgehead atoms. The molecule has 1 amide bonds. The van der Waals surface area contributed by atoms with Crippen molar-refractivity contribution in [2.45, 2.75) is 51.4 Å². The van der Waals surface area contributed by atoms with Gasteiger partial charge in [-0.05, 0) is 50.2 Å². The van der Waals surface area contributed by atoms with Gasteiger partial charge in [0.2, 0.25) is 5.91 Å². The third-order valence-corrected chi connectivity index (χ3v) is 5.01. The smallest absolute Gasteiger partial charge is 0.225 e. The fourth-order valence-electron chi connectivity index (χ4n) is 3.85. The van der Waals surface area contributed by atoms with Crippen LogP contribution in [0.5, 0.6) is 0 Å². The van der Waals surface area contributed by atoms with Crippen LogP contribution >= 0.6 is 0 Å². The standard InChI is InChI=1S/C18H26N2O/c21-18(16-8-2-1-3-9-16)20-12-6-7-15(14-20)13-17-10-4-5-11-19-17/h4-5,10-11,15-16H,1-3,6-9,12-14H2/t15-/m1/s1. The molecule has 114 valence electrons. The highest BCUT2D eigenvalue weighted by Crippen LogP contribution is 2.28. The van der Waals surface area contributed by atoms with Gasteiger partial charge in [-0.15, -0.1) is 0 Å². The second-order valence-corrected chi connectivity index (χ2v) is 6.65. The molecule has 21 heavy (non-hydrogen) atoms. The predicted octanol–water partition coefficient (Wildman–Crippen LogP) is 3.44. The van der Waals surface area contributed by atoms with E-state index in [0.29, 0.717) is 17.7 Å². The Balaban J connectivity index is 1.56. The molecule has 2 aliphatic rings. The number of hydrogen-bond donors (Lipinski definition) is 0. The summed E-state index contributed by atoms with van der Waals surface area (Å²) in [6.07, 6.45) is 11.3. The van der Waals surface area contributed by atoms with Gasteiger partial charge in [-0.3, -0.25) is 9.78 Å². The molecule has 0 aromatic carbocycles. The predicted molar refractivity (Wildman–Crippen MR) is 83.8 cm³/mol. The average Bonchev–Trinajstić information content (AvgIpc) is 2.56. The first-order chi connectivity index (χ1) is 10.3. The number of piperidine rings is 1. The largest absolute Gasteiger partial charge is 0.342 e. The zero-order valence-electron chi connectivity index (χ0n) is 12.8. The Kier molecular flexibility index (Phi) is 4.89. The molecular weight excluding hydrogens is 260 g/mol. The van der Waals surface area contributed by atoms with E-state index in [1.165, 1.54) is 25.7 Å².